The number of hydrogen-bond acceptors (Lipinski definition) is 5. The van der Waals surface area contributed by atoms with Crippen LogP contribution in [0.25, 0.3) is 0 Å². The summed E-state index contributed by atoms with van der Waals surface area (Å²) in [4.78, 5) is 31.5. The van der Waals surface area contributed by atoms with Gasteiger partial charge in [0.15, 0.2) is 0 Å². The van der Waals surface area contributed by atoms with Crippen LogP contribution in [0.2, 0.25) is 0 Å². The van der Waals surface area contributed by atoms with Crippen LogP contribution in [-0.2, 0) is 16.1 Å². The Morgan fingerprint density at radius 1 is 1.00 bits per heavy atom. The molecule has 2 aliphatic rings. The van der Waals surface area contributed by atoms with Gasteiger partial charge in [-0.2, -0.15) is 0 Å². The van der Waals surface area contributed by atoms with Gasteiger partial charge >= 0.3 is 0 Å². The molecule has 7 heteroatoms. The normalized spacial score (nSPS) is 19.1. The van der Waals surface area contributed by atoms with E-state index in [-0.39, 0.29) is 23.8 Å². The number of hydrogen-bond donors (Lipinski definition) is 1. The van der Waals surface area contributed by atoms with Crippen LogP contribution in [0.1, 0.15) is 32.3 Å². The van der Waals surface area contributed by atoms with Gasteiger partial charge in [-0.25, -0.2) is 0 Å². The highest BCUT2D eigenvalue weighted by Crippen LogP contribution is 2.18. The molecule has 0 atom stereocenters. The van der Waals surface area contributed by atoms with Crippen LogP contribution in [0.15, 0.2) is 24.3 Å². The molecule has 2 heterocycles. The van der Waals surface area contributed by atoms with E-state index in [2.05, 4.69) is 27.2 Å². The highest BCUT2D eigenvalue weighted by molar-refractivity contribution is 5.79. The quantitative estimate of drug-likeness (QED) is 0.731. The Hall–Kier alpha value is -2.12. The number of nitrogens with zero attached hydrogens (tertiary/aromatic N) is 3. The Morgan fingerprint density at radius 3 is 2.20 bits per heavy atom. The van der Waals surface area contributed by atoms with Crippen molar-refractivity contribution in [3.05, 3.63) is 29.8 Å². The van der Waals surface area contributed by atoms with Crippen molar-refractivity contribution in [2.45, 2.75) is 39.3 Å². The molecule has 1 aromatic rings. The first-order valence-corrected chi connectivity index (χ1v) is 11.1. The molecular formula is C23H36N4O3. The molecule has 0 saturated carbocycles. The fourth-order valence-electron chi connectivity index (χ4n) is 4.19. The third-order valence-corrected chi connectivity index (χ3v) is 6.04. The van der Waals surface area contributed by atoms with Gasteiger partial charge in [-0.05, 0) is 57.5 Å². The standard InChI is InChI=1S/C23H36N4O3/c1-18(2)24-23(29)20-8-10-25(11-9-20)17-22(28)27-14-12-26(13-15-27)16-19-4-6-21(30-3)7-5-19/h4-7,18,20H,8-17H2,1-3H3,(H,24,29). The molecule has 0 aliphatic carbocycles. The Bertz CT molecular complexity index is 691. The topological polar surface area (TPSA) is 65.1 Å². The van der Waals surface area contributed by atoms with E-state index in [4.69, 9.17) is 4.74 Å². The van der Waals surface area contributed by atoms with Crippen LogP contribution in [0, 0.1) is 5.92 Å². The highest BCUT2D eigenvalue weighted by Gasteiger charge is 2.28. The molecule has 2 fully saturated rings. The number of ether oxygens (including phenoxy) is 1. The highest BCUT2D eigenvalue weighted by atomic mass is 16.5. The number of rotatable bonds is 7. The van der Waals surface area contributed by atoms with Gasteiger partial charge in [0.2, 0.25) is 11.8 Å². The summed E-state index contributed by atoms with van der Waals surface area (Å²) in [5.74, 6) is 1.33. The zero-order valence-corrected chi connectivity index (χ0v) is 18.6. The molecule has 0 bridgehead atoms. The van der Waals surface area contributed by atoms with Crippen LogP contribution in [-0.4, -0.2) is 85.5 Å². The molecule has 0 unspecified atom stereocenters. The van der Waals surface area contributed by atoms with E-state index in [0.29, 0.717) is 6.54 Å². The average molecular weight is 417 g/mol. The summed E-state index contributed by atoms with van der Waals surface area (Å²) in [7, 11) is 1.68. The lowest BCUT2D eigenvalue weighted by atomic mass is 9.95. The van der Waals surface area contributed by atoms with Crippen molar-refractivity contribution in [3.8, 4) is 5.75 Å². The molecule has 7 nitrogen and oxygen atoms in total. The predicted octanol–water partition coefficient (Wildman–Crippen LogP) is 1.58. The van der Waals surface area contributed by atoms with Crippen molar-refractivity contribution in [1.82, 2.24) is 20.0 Å². The number of nitrogens with one attached hydrogen (secondary N) is 1. The second kappa shape index (κ2) is 10.8. The molecule has 2 saturated heterocycles. The lowest BCUT2D eigenvalue weighted by Crippen LogP contribution is -2.52. The number of carbonyl (C=O) groups is 2. The number of benzene rings is 1. The Morgan fingerprint density at radius 2 is 1.63 bits per heavy atom. The molecule has 0 radical (unpaired) electrons. The second-order valence-electron chi connectivity index (χ2n) is 8.72. The van der Waals surface area contributed by atoms with E-state index in [1.165, 1.54) is 5.56 Å². The minimum Gasteiger partial charge on any atom is -0.497 e. The van der Waals surface area contributed by atoms with E-state index in [0.717, 1.165) is 64.4 Å². The second-order valence-corrected chi connectivity index (χ2v) is 8.72. The van der Waals surface area contributed by atoms with E-state index in [1.54, 1.807) is 7.11 Å². The van der Waals surface area contributed by atoms with Crippen LogP contribution >= 0.6 is 0 Å². The third kappa shape index (κ3) is 6.44. The summed E-state index contributed by atoms with van der Waals surface area (Å²) < 4.78 is 5.21. The number of piperidine rings is 1. The maximum absolute atomic E-state index is 12.7. The molecule has 166 valence electrons. The monoisotopic (exact) mass is 416 g/mol. The van der Waals surface area contributed by atoms with E-state index < -0.39 is 0 Å². The molecule has 3 rings (SSSR count). The van der Waals surface area contributed by atoms with Gasteiger partial charge in [-0.1, -0.05) is 12.1 Å². The summed E-state index contributed by atoms with van der Waals surface area (Å²) in [6.07, 6.45) is 1.67. The van der Waals surface area contributed by atoms with Crippen LogP contribution < -0.4 is 10.1 Å². The van der Waals surface area contributed by atoms with Crippen molar-refractivity contribution < 1.29 is 14.3 Å². The van der Waals surface area contributed by atoms with E-state index in [9.17, 15) is 9.59 Å². The summed E-state index contributed by atoms with van der Waals surface area (Å²) in [6, 6.07) is 8.36. The van der Waals surface area contributed by atoms with Crippen LogP contribution in [0.4, 0.5) is 0 Å². The smallest absolute Gasteiger partial charge is 0.236 e. The van der Waals surface area contributed by atoms with Crippen molar-refractivity contribution in [2.75, 3.05) is 52.9 Å². The minimum atomic E-state index is 0.0836. The summed E-state index contributed by atoms with van der Waals surface area (Å²) >= 11 is 0. The number of methoxy groups -OCH3 is 1. The molecule has 1 aromatic carbocycles. The largest absolute Gasteiger partial charge is 0.497 e. The van der Waals surface area contributed by atoms with Gasteiger partial charge in [-0.15, -0.1) is 0 Å². The summed E-state index contributed by atoms with van der Waals surface area (Å²) in [5.41, 5.74) is 1.26. The summed E-state index contributed by atoms with van der Waals surface area (Å²) in [5, 5.41) is 3.00. The predicted molar refractivity (Wildman–Crippen MR) is 117 cm³/mol. The Balaban J connectivity index is 1.37. The number of piperazine rings is 1. The first-order chi connectivity index (χ1) is 14.4. The zero-order chi connectivity index (χ0) is 21.5. The number of carbonyl (C=O) groups excluding carboxylic acids is 2. The van der Waals surface area contributed by atoms with Gasteiger partial charge in [0.25, 0.3) is 0 Å². The first kappa shape index (κ1) is 22.6. The fraction of sp³-hybridized carbons (Fsp3) is 0.652. The molecule has 30 heavy (non-hydrogen) atoms. The maximum atomic E-state index is 12.7. The molecular weight excluding hydrogens is 380 g/mol. The molecule has 0 aromatic heterocycles. The first-order valence-electron chi connectivity index (χ1n) is 11.1. The van der Waals surface area contributed by atoms with Gasteiger partial charge in [0, 0.05) is 44.7 Å². The van der Waals surface area contributed by atoms with Crippen LogP contribution in [0.5, 0.6) is 5.75 Å². The zero-order valence-electron chi connectivity index (χ0n) is 18.6. The fourth-order valence-corrected chi connectivity index (χ4v) is 4.19. The molecule has 2 amide bonds. The van der Waals surface area contributed by atoms with Crippen molar-refractivity contribution in [1.29, 1.82) is 0 Å². The van der Waals surface area contributed by atoms with Crippen molar-refractivity contribution in [2.24, 2.45) is 5.92 Å². The SMILES string of the molecule is COc1ccc(CN2CCN(C(=O)CN3CCC(C(=O)NC(C)C)CC3)CC2)cc1. The van der Waals surface area contributed by atoms with Crippen molar-refractivity contribution >= 4 is 11.8 Å². The number of likely N-dealkylation sites (tertiary alicyclic amines) is 1. The number of amides is 2. The van der Waals surface area contributed by atoms with Gasteiger partial charge < -0.3 is 15.0 Å². The molecule has 0 spiro atoms. The lowest BCUT2D eigenvalue weighted by Gasteiger charge is -2.37. The van der Waals surface area contributed by atoms with Gasteiger partial charge in [0.1, 0.15) is 5.75 Å². The minimum absolute atomic E-state index is 0.0836. The van der Waals surface area contributed by atoms with Crippen molar-refractivity contribution in [3.63, 3.8) is 0 Å². The molecule has 2 aliphatic heterocycles. The van der Waals surface area contributed by atoms with Gasteiger partial charge in [-0.3, -0.25) is 19.4 Å². The molecule has 1 N–H and O–H groups in total. The Labute approximate surface area is 180 Å². The Kier molecular flexibility index (Phi) is 8.10. The lowest BCUT2D eigenvalue weighted by molar-refractivity contribution is -0.134. The average Bonchev–Trinajstić information content (AvgIpc) is 2.75. The summed E-state index contributed by atoms with van der Waals surface area (Å²) in [6.45, 7) is 10.3. The third-order valence-electron chi connectivity index (χ3n) is 6.04. The maximum Gasteiger partial charge on any atom is 0.236 e. The van der Waals surface area contributed by atoms with E-state index in [1.807, 2.05) is 30.9 Å². The van der Waals surface area contributed by atoms with Crippen LogP contribution in [0.3, 0.4) is 0 Å². The van der Waals surface area contributed by atoms with Gasteiger partial charge in [0.05, 0.1) is 13.7 Å². The van der Waals surface area contributed by atoms with E-state index >= 15 is 0 Å².